The summed E-state index contributed by atoms with van der Waals surface area (Å²) in [7, 11) is -1.81. The van der Waals surface area contributed by atoms with Crippen molar-refractivity contribution in [3.63, 3.8) is 0 Å². The molecule has 0 atom stereocenters. The fourth-order valence-corrected chi connectivity index (χ4v) is 8.43. The minimum atomic E-state index is -2.17. The van der Waals surface area contributed by atoms with Gasteiger partial charge in [-0.25, -0.2) is 0 Å². The molecule has 0 N–H and O–H groups in total. The molecule has 0 unspecified atom stereocenters. The Labute approximate surface area is 358 Å². The first-order chi connectivity index (χ1) is 28.9. The average Bonchev–Trinajstić information content (AvgIpc) is 3.82. The Kier molecular flexibility index (Phi) is 9.60. The average molecular weight is 943 g/mol. The summed E-state index contributed by atoms with van der Waals surface area (Å²) in [4.78, 5) is 9.59. The zero-order chi connectivity index (χ0) is 43.3. The van der Waals surface area contributed by atoms with Crippen LogP contribution in [0.15, 0.2) is 150 Å². The summed E-state index contributed by atoms with van der Waals surface area (Å²) in [5.74, 6) is 0.818. The minimum absolute atomic E-state index is 0. The SMILES string of the molecule is [2H]C([2H])([2H])c1c[c-]c(-c2cc(C([2H])([2H])C(C)(C)C)c([Si](C)(C)C)cn2)cc1.[Ir].[c-]1ccc2c(oc3ccccc32)c1-c1nc2ccccc2n1-c1ccc(-c2ccccc2)cc1. The second kappa shape index (κ2) is 16.2. The first-order valence-electron chi connectivity index (χ1n) is 21.4. The number of hydrogen-bond acceptors (Lipinski definition) is 3. The third kappa shape index (κ3) is 8.50. The van der Waals surface area contributed by atoms with E-state index in [2.05, 4.69) is 108 Å². The van der Waals surface area contributed by atoms with Gasteiger partial charge in [-0.05, 0) is 64.1 Å². The molecule has 0 fully saturated rings. The molecule has 0 bridgehead atoms. The molecule has 0 aliphatic rings. The van der Waals surface area contributed by atoms with E-state index in [1.165, 1.54) is 17.2 Å². The molecule has 6 heteroatoms. The van der Waals surface area contributed by atoms with Gasteiger partial charge in [-0.1, -0.05) is 143 Å². The number of hydrogen-bond donors (Lipinski definition) is 0. The summed E-state index contributed by atoms with van der Waals surface area (Å²) in [6.07, 6.45) is 0.269. The van der Waals surface area contributed by atoms with Gasteiger partial charge in [-0.3, -0.25) is 4.98 Å². The summed E-state index contributed by atoms with van der Waals surface area (Å²) >= 11 is 0. The van der Waals surface area contributed by atoms with Crippen molar-refractivity contribution in [2.45, 2.75) is 53.6 Å². The van der Waals surface area contributed by atoms with Gasteiger partial charge in [-0.15, -0.1) is 53.6 Å². The van der Waals surface area contributed by atoms with Crippen molar-refractivity contribution in [1.29, 1.82) is 0 Å². The molecular weight excluding hydrogens is 891 g/mol. The number of rotatable bonds is 6. The van der Waals surface area contributed by atoms with Gasteiger partial charge >= 0.3 is 0 Å². The summed E-state index contributed by atoms with van der Waals surface area (Å²) < 4.78 is 48.5. The summed E-state index contributed by atoms with van der Waals surface area (Å²) in [5.41, 5.74) is 9.55. The van der Waals surface area contributed by atoms with Crippen LogP contribution in [0.2, 0.25) is 19.6 Å². The molecule has 287 valence electrons. The third-order valence-corrected chi connectivity index (χ3v) is 11.7. The number of pyridine rings is 1. The van der Waals surface area contributed by atoms with Crippen molar-refractivity contribution >= 4 is 46.2 Å². The monoisotopic (exact) mass is 943 g/mol. The van der Waals surface area contributed by atoms with E-state index >= 15 is 0 Å². The number of nitrogens with zero attached hydrogens (tertiary/aromatic N) is 3. The maximum Gasteiger partial charge on any atom is 0.120 e. The maximum absolute atomic E-state index is 8.79. The van der Waals surface area contributed by atoms with E-state index in [1.54, 1.807) is 18.3 Å². The van der Waals surface area contributed by atoms with Gasteiger partial charge in [-0.2, -0.15) is 0 Å². The van der Waals surface area contributed by atoms with Gasteiger partial charge in [0.25, 0.3) is 0 Å². The zero-order valence-electron chi connectivity index (χ0n) is 37.9. The van der Waals surface area contributed by atoms with E-state index in [1.807, 2.05) is 75.4 Å². The van der Waals surface area contributed by atoms with Crippen molar-refractivity contribution in [3.05, 3.63) is 169 Å². The normalized spacial score (nSPS) is 13.5. The Bertz CT molecular complexity index is 3000. The van der Waals surface area contributed by atoms with Crippen molar-refractivity contribution in [1.82, 2.24) is 14.5 Å². The van der Waals surface area contributed by atoms with Gasteiger partial charge in [0.2, 0.25) is 0 Å². The van der Waals surface area contributed by atoms with E-state index in [4.69, 9.17) is 16.3 Å². The molecular formula is C51H47IrN3OSi-2. The first kappa shape index (κ1) is 33.7. The van der Waals surface area contributed by atoms with Crippen molar-refractivity contribution in [3.8, 4) is 39.5 Å². The molecule has 0 saturated heterocycles. The zero-order valence-corrected chi connectivity index (χ0v) is 36.3. The molecule has 3 heterocycles. The standard InChI is InChI=1S/C31H19N2O.C20H28NSi.Ir/c1-2-9-21(10-3-1)22-17-19-23(20-18-22)33-28-15-6-5-14-27(28)32-31(33)26-13-8-12-25-24-11-4-7-16-29(24)34-30(25)26;1-15-8-10-16(11-9-15)18-12-17(13-20(2,3)4)19(14-21-18)22(5,6)7;/h1-12,14-20H;8-10,12,14H,13H2,1-7H3;/q2*-1;/i;1D3,13D2;. The minimum Gasteiger partial charge on any atom is -0.501 e. The van der Waals surface area contributed by atoms with Gasteiger partial charge < -0.3 is 14.0 Å². The molecule has 0 aliphatic carbocycles. The van der Waals surface area contributed by atoms with Gasteiger partial charge in [0.05, 0.1) is 30.5 Å². The van der Waals surface area contributed by atoms with Crippen LogP contribution in [0.25, 0.3) is 72.4 Å². The Hall–Kier alpha value is -5.39. The van der Waals surface area contributed by atoms with Crippen molar-refractivity contribution in [2.24, 2.45) is 5.41 Å². The number of imidazole rings is 1. The molecule has 0 amide bonds. The van der Waals surface area contributed by atoms with Crippen LogP contribution >= 0.6 is 0 Å². The van der Waals surface area contributed by atoms with Crippen molar-refractivity contribution < 1.29 is 31.4 Å². The van der Waals surface area contributed by atoms with E-state index in [9.17, 15) is 0 Å². The van der Waals surface area contributed by atoms with E-state index in [-0.39, 0.29) is 25.7 Å². The van der Waals surface area contributed by atoms with Crippen LogP contribution in [0.1, 0.15) is 38.8 Å². The number of benzene rings is 6. The van der Waals surface area contributed by atoms with Gasteiger partial charge in [0.1, 0.15) is 5.58 Å². The van der Waals surface area contributed by atoms with E-state index in [0.717, 1.165) is 55.2 Å². The predicted molar refractivity (Wildman–Crippen MR) is 237 cm³/mol. The largest absolute Gasteiger partial charge is 0.501 e. The third-order valence-electron chi connectivity index (χ3n) is 9.67. The Morgan fingerprint density at radius 3 is 2.23 bits per heavy atom. The smallest absolute Gasteiger partial charge is 0.120 e. The Morgan fingerprint density at radius 2 is 1.51 bits per heavy atom. The van der Waals surface area contributed by atoms with E-state index in [0.29, 0.717) is 16.8 Å². The number of aryl methyl sites for hydroxylation is 1. The van der Waals surface area contributed by atoms with Crippen LogP contribution in [0.3, 0.4) is 0 Å². The number of para-hydroxylation sites is 3. The molecule has 57 heavy (non-hydrogen) atoms. The summed E-state index contributed by atoms with van der Waals surface area (Å²) in [6, 6.07) is 52.4. The van der Waals surface area contributed by atoms with Crippen molar-refractivity contribution in [2.75, 3.05) is 0 Å². The fraction of sp³-hybridized carbons (Fsp3) is 0.176. The Morgan fingerprint density at radius 1 is 0.789 bits per heavy atom. The molecule has 9 rings (SSSR count). The van der Waals surface area contributed by atoms with Crippen LogP contribution in [0.4, 0.5) is 0 Å². The van der Waals surface area contributed by atoms with Gasteiger partial charge in [0.15, 0.2) is 0 Å². The molecule has 4 nitrogen and oxygen atoms in total. The quantitative estimate of drug-likeness (QED) is 0.123. The molecule has 9 aromatic rings. The van der Waals surface area contributed by atoms with Crippen LogP contribution in [-0.2, 0) is 26.5 Å². The van der Waals surface area contributed by atoms with Crippen LogP contribution in [0.5, 0.6) is 0 Å². The second-order valence-corrected chi connectivity index (χ2v) is 21.1. The molecule has 0 spiro atoms. The molecule has 0 aliphatic heterocycles. The summed E-state index contributed by atoms with van der Waals surface area (Å²) in [6.45, 7) is 10.1. The van der Waals surface area contributed by atoms with Crippen LogP contribution in [-0.4, -0.2) is 22.6 Å². The predicted octanol–water partition coefficient (Wildman–Crippen LogP) is 13.0. The number of fused-ring (bicyclic) bond motifs is 4. The topological polar surface area (TPSA) is 43.9 Å². The van der Waals surface area contributed by atoms with E-state index < -0.39 is 26.7 Å². The first-order valence-corrected chi connectivity index (χ1v) is 22.4. The Balaban J connectivity index is 0.000000189. The molecule has 6 aromatic carbocycles. The molecule has 1 radical (unpaired) electrons. The number of aromatic nitrogens is 3. The summed E-state index contributed by atoms with van der Waals surface area (Å²) in [5, 5.41) is 3.18. The van der Waals surface area contributed by atoms with Crippen LogP contribution in [0, 0.1) is 24.4 Å². The molecule has 0 saturated carbocycles. The molecule has 3 aromatic heterocycles. The number of furan rings is 1. The second-order valence-electron chi connectivity index (χ2n) is 16.1. The van der Waals surface area contributed by atoms with Gasteiger partial charge in [0, 0.05) is 44.2 Å². The fourth-order valence-electron chi connectivity index (χ4n) is 7.04. The van der Waals surface area contributed by atoms with Crippen LogP contribution < -0.4 is 5.19 Å². The maximum atomic E-state index is 8.79.